The van der Waals surface area contributed by atoms with Crippen molar-refractivity contribution in [2.75, 3.05) is 11.9 Å². The second-order valence-electron chi connectivity index (χ2n) is 4.75. The maximum atomic E-state index is 5.66. The van der Waals surface area contributed by atoms with Crippen LogP contribution in [0.25, 0.3) is 11.3 Å². The van der Waals surface area contributed by atoms with Gasteiger partial charge in [-0.1, -0.05) is 0 Å². The van der Waals surface area contributed by atoms with Crippen molar-refractivity contribution in [1.29, 1.82) is 0 Å². The number of nitrogens with two attached hydrogens (primary N) is 1. The van der Waals surface area contributed by atoms with Crippen LogP contribution in [0.3, 0.4) is 0 Å². The Morgan fingerprint density at radius 1 is 1.11 bits per heavy atom. The Hall–Kier alpha value is -2.01. The molecule has 0 atom stereocenters. The molecule has 0 saturated heterocycles. The van der Waals surface area contributed by atoms with Crippen LogP contribution in [-0.2, 0) is 0 Å². The fourth-order valence-electron chi connectivity index (χ4n) is 1.47. The van der Waals surface area contributed by atoms with Gasteiger partial charge in [0.15, 0.2) is 0 Å². The van der Waals surface area contributed by atoms with E-state index in [4.69, 9.17) is 5.73 Å². The molecule has 3 N–H and O–H groups in total. The number of anilines is 1. The van der Waals surface area contributed by atoms with E-state index in [0.717, 1.165) is 17.1 Å². The Morgan fingerprint density at radius 2 is 1.83 bits per heavy atom. The fourth-order valence-corrected chi connectivity index (χ4v) is 1.47. The highest BCUT2D eigenvalue weighted by Crippen LogP contribution is 2.17. The first-order valence-electron chi connectivity index (χ1n) is 5.83. The Balaban J connectivity index is 2.16. The van der Waals surface area contributed by atoms with Gasteiger partial charge in [0.05, 0.1) is 5.69 Å². The monoisotopic (exact) mass is 243 g/mol. The molecule has 0 spiro atoms. The fraction of sp³-hybridized carbons (Fsp3) is 0.308. The highest BCUT2D eigenvalue weighted by molar-refractivity contribution is 5.58. The third-order valence-corrected chi connectivity index (χ3v) is 2.62. The molecule has 0 aromatic carbocycles. The number of nitrogens with zero attached hydrogens (tertiary/aromatic N) is 3. The number of nitrogens with one attached hydrogen (secondary N) is 1. The van der Waals surface area contributed by atoms with Crippen LogP contribution in [0.2, 0.25) is 0 Å². The number of rotatable bonds is 4. The molecule has 0 saturated carbocycles. The first kappa shape index (κ1) is 12.4. The Kier molecular flexibility index (Phi) is 3.53. The summed E-state index contributed by atoms with van der Waals surface area (Å²) in [5, 5.41) is 11.6. The number of hydrogen-bond donors (Lipinski definition) is 2. The molecule has 0 radical (unpaired) electrons. The lowest BCUT2D eigenvalue weighted by atomic mass is 10.1. The van der Waals surface area contributed by atoms with Crippen molar-refractivity contribution >= 4 is 5.82 Å². The summed E-state index contributed by atoms with van der Waals surface area (Å²) in [5.74, 6) is 0.725. The summed E-state index contributed by atoms with van der Waals surface area (Å²) in [6.45, 7) is 4.57. The van der Waals surface area contributed by atoms with Gasteiger partial charge in [0.1, 0.15) is 5.82 Å². The molecule has 2 aromatic heterocycles. The second kappa shape index (κ2) is 5.10. The summed E-state index contributed by atoms with van der Waals surface area (Å²) in [4.78, 5) is 3.97. The van der Waals surface area contributed by atoms with Crippen molar-refractivity contribution < 1.29 is 0 Å². The SMILES string of the molecule is CC(C)(CN)Nc1ccc(-c2ccncc2)nn1. The van der Waals surface area contributed by atoms with Gasteiger partial charge in [0, 0.05) is 30.0 Å². The van der Waals surface area contributed by atoms with Gasteiger partial charge in [-0.2, -0.15) is 0 Å². The predicted octanol–water partition coefficient (Wildman–Crippen LogP) is 1.69. The van der Waals surface area contributed by atoms with Gasteiger partial charge in [0.2, 0.25) is 0 Å². The molecule has 0 bridgehead atoms. The van der Waals surface area contributed by atoms with E-state index >= 15 is 0 Å². The molecule has 0 amide bonds. The molecule has 0 aliphatic carbocycles. The molecule has 0 unspecified atom stereocenters. The predicted molar refractivity (Wildman–Crippen MR) is 72.0 cm³/mol. The average Bonchev–Trinajstić information content (AvgIpc) is 2.40. The molecule has 2 aromatic rings. The molecule has 0 fully saturated rings. The Morgan fingerprint density at radius 3 is 2.39 bits per heavy atom. The molecule has 94 valence electrons. The van der Waals surface area contributed by atoms with Crippen molar-refractivity contribution in [3.63, 3.8) is 0 Å². The summed E-state index contributed by atoms with van der Waals surface area (Å²) in [6, 6.07) is 7.64. The number of aromatic nitrogens is 3. The van der Waals surface area contributed by atoms with Crippen molar-refractivity contribution in [2.45, 2.75) is 19.4 Å². The first-order valence-corrected chi connectivity index (χ1v) is 5.83. The normalized spacial score (nSPS) is 11.3. The van der Waals surface area contributed by atoms with Crippen molar-refractivity contribution in [2.24, 2.45) is 5.73 Å². The van der Waals surface area contributed by atoms with Crippen molar-refractivity contribution in [1.82, 2.24) is 15.2 Å². The maximum absolute atomic E-state index is 5.66. The smallest absolute Gasteiger partial charge is 0.149 e. The number of pyridine rings is 1. The third-order valence-electron chi connectivity index (χ3n) is 2.62. The summed E-state index contributed by atoms with van der Waals surface area (Å²) < 4.78 is 0. The molecule has 18 heavy (non-hydrogen) atoms. The highest BCUT2D eigenvalue weighted by Gasteiger charge is 2.15. The topological polar surface area (TPSA) is 76.7 Å². The molecule has 0 aliphatic rings. The van der Waals surface area contributed by atoms with Crippen LogP contribution in [-0.4, -0.2) is 27.3 Å². The molecular weight excluding hydrogens is 226 g/mol. The Labute approximate surface area is 106 Å². The summed E-state index contributed by atoms with van der Waals surface area (Å²) >= 11 is 0. The van der Waals surface area contributed by atoms with E-state index in [9.17, 15) is 0 Å². The van der Waals surface area contributed by atoms with Crippen LogP contribution < -0.4 is 11.1 Å². The van der Waals surface area contributed by atoms with E-state index in [1.807, 2.05) is 38.1 Å². The van der Waals surface area contributed by atoms with E-state index in [-0.39, 0.29) is 5.54 Å². The second-order valence-corrected chi connectivity index (χ2v) is 4.75. The van der Waals surface area contributed by atoms with E-state index in [1.165, 1.54) is 0 Å². The van der Waals surface area contributed by atoms with Gasteiger partial charge in [0.25, 0.3) is 0 Å². The van der Waals surface area contributed by atoms with Crippen molar-refractivity contribution in [3.8, 4) is 11.3 Å². The maximum Gasteiger partial charge on any atom is 0.149 e. The minimum absolute atomic E-state index is 0.188. The average molecular weight is 243 g/mol. The lowest BCUT2D eigenvalue weighted by Gasteiger charge is -2.24. The van der Waals surface area contributed by atoms with Crippen LogP contribution in [0.4, 0.5) is 5.82 Å². The van der Waals surface area contributed by atoms with E-state index in [2.05, 4.69) is 20.5 Å². The van der Waals surface area contributed by atoms with Crippen molar-refractivity contribution in [3.05, 3.63) is 36.7 Å². The quantitative estimate of drug-likeness (QED) is 0.854. The van der Waals surface area contributed by atoms with Gasteiger partial charge in [-0.3, -0.25) is 4.98 Å². The lowest BCUT2D eigenvalue weighted by molar-refractivity contribution is 0.576. The van der Waals surface area contributed by atoms with Crippen LogP contribution in [0.5, 0.6) is 0 Å². The Bertz CT molecular complexity index is 493. The van der Waals surface area contributed by atoms with Gasteiger partial charge >= 0.3 is 0 Å². The summed E-state index contributed by atoms with van der Waals surface area (Å²) in [6.07, 6.45) is 3.47. The van der Waals surface area contributed by atoms with Gasteiger partial charge in [-0.05, 0) is 38.1 Å². The molecular formula is C13H17N5. The molecule has 5 heteroatoms. The van der Waals surface area contributed by atoms with Gasteiger partial charge in [-0.15, -0.1) is 10.2 Å². The minimum atomic E-state index is -0.188. The molecule has 2 heterocycles. The molecule has 5 nitrogen and oxygen atoms in total. The van der Waals surface area contributed by atoms with E-state index in [1.54, 1.807) is 12.4 Å². The summed E-state index contributed by atoms with van der Waals surface area (Å²) in [7, 11) is 0. The molecule has 2 rings (SSSR count). The zero-order valence-electron chi connectivity index (χ0n) is 10.6. The largest absolute Gasteiger partial charge is 0.362 e. The number of hydrogen-bond acceptors (Lipinski definition) is 5. The van der Waals surface area contributed by atoms with Crippen LogP contribution >= 0.6 is 0 Å². The lowest BCUT2D eigenvalue weighted by Crippen LogP contribution is -2.39. The zero-order chi connectivity index (χ0) is 13.0. The highest BCUT2D eigenvalue weighted by atomic mass is 15.2. The van der Waals surface area contributed by atoms with Gasteiger partial charge in [-0.25, -0.2) is 0 Å². The standard InChI is InChI=1S/C13H17N5/c1-13(2,9-14)16-12-4-3-11(17-18-12)10-5-7-15-8-6-10/h3-8H,9,14H2,1-2H3,(H,16,18). The van der Waals surface area contributed by atoms with Crippen LogP contribution in [0.15, 0.2) is 36.7 Å². The van der Waals surface area contributed by atoms with E-state index in [0.29, 0.717) is 6.54 Å². The molecule has 0 aliphatic heterocycles. The van der Waals surface area contributed by atoms with E-state index < -0.39 is 0 Å². The first-order chi connectivity index (χ1) is 8.61. The van der Waals surface area contributed by atoms with Crippen LogP contribution in [0, 0.1) is 0 Å². The van der Waals surface area contributed by atoms with Gasteiger partial charge < -0.3 is 11.1 Å². The minimum Gasteiger partial charge on any atom is -0.362 e. The zero-order valence-corrected chi connectivity index (χ0v) is 10.6. The third kappa shape index (κ3) is 3.01. The van der Waals surface area contributed by atoms with Crippen LogP contribution in [0.1, 0.15) is 13.8 Å². The summed E-state index contributed by atoms with van der Waals surface area (Å²) in [5.41, 5.74) is 7.30.